The van der Waals surface area contributed by atoms with Gasteiger partial charge in [0, 0.05) is 43.2 Å². The van der Waals surface area contributed by atoms with Gasteiger partial charge in [-0.2, -0.15) is 0 Å². The number of sulfonamides is 1. The third kappa shape index (κ3) is 19.1. The molecule has 0 aliphatic heterocycles. The Morgan fingerprint density at radius 3 is 1.78 bits per heavy atom. The zero-order valence-electron chi connectivity index (χ0n) is 52.8. The van der Waals surface area contributed by atoms with Gasteiger partial charge in [-0.15, -0.1) is 0 Å². The van der Waals surface area contributed by atoms with E-state index in [4.69, 9.17) is 15.2 Å². The Bertz CT molecular complexity index is 3220. The van der Waals surface area contributed by atoms with Gasteiger partial charge in [-0.1, -0.05) is 159 Å². The fraction of sp³-hybridized carbons (Fsp3) is 0.477. The maximum absolute atomic E-state index is 14.7. The Labute approximate surface area is 512 Å². The fourth-order valence-electron chi connectivity index (χ4n) is 10.5. The molecule has 5 rings (SSSR count). The van der Waals surface area contributed by atoms with E-state index in [-0.39, 0.29) is 54.7 Å². The van der Waals surface area contributed by atoms with E-state index in [0.29, 0.717) is 0 Å². The number of nitrogens with zero attached hydrogens (tertiary/aromatic N) is 2. The second-order valence-electron chi connectivity index (χ2n) is 25.5. The Morgan fingerprint density at radius 1 is 0.690 bits per heavy atom. The lowest BCUT2D eigenvalue weighted by Crippen LogP contribution is -2.63. The first kappa shape index (κ1) is 69.5. The van der Waals surface area contributed by atoms with Gasteiger partial charge in [0.2, 0.25) is 33.7 Å². The third-order valence-corrected chi connectivity index (χ3v) is 16.4. The maximum atomic E-state index is 14.7. The number of hydrogen-bond donors (Lipinski definition) is 7. The molecule has 0 spiro atoms. The van der Waals surface area contributed by atoms with Crippen LogP contribution in [0.1, 0.15) is 131 Å². The van der Waals surface area contributed by atoms with E-state index < -0.39 is 116 Å². The van der Waals surface area contributed by atoms with Crippen molar-refractivity contribution in [2.75, 3.05) is 32.6 Å². The van der Waals surface area contributed by atoms with Gasteiger partial charge in [-0.3, -0.25) is 28.9 Å². The smallest absolute Gasteiger partial charge is 0.410 e. The first-order valence-electron chi connectivity index (χ1n) is 29.2. The van der Waals surface area contributed by atoms with E-state index >= 15 is 0 Å². The minimum atomic E-state index is -4.34. The number of urea groups is 1. The molecular formula is C65H89N9O12S. The fourth-order valence-corrected chi connectivity index (χ4v) is 11.6. The molecule has 0 saturated carbocycles. The van der Waals surface area contributed by atoms with Gasteiger partial charge in [0.05, 0.1) is 11.8 Å². The second-order valence-corrected chi connectivity index (χ2v) is 27.2. The van der Waals surface area contributed by atoms with Crippen molar-refractivity contribution in [1.29, 1.82) is 0 Å². The molecule has 5 atom stereocenters. The molecule has 87 heavy (non-hydrogen) atoms. The number of alkyl carbamates (subject to hydrolysis) is 1. The number of ether oxygens (including phenoxy) is 2. The highest BCUT2D eigenvalue weighted by Crippen LogP contribution is 2.44. The summed E-state index contributed by atoms with van der Waals surface area (Å²) in [6, 6.07) is 24.7. The predicted octanol–water partition coefficient (Wildman–Crippen LogP) is 8.24. The normalized spacial score (nSPS) is 14.4. The number of anilines is 1. The molecule has 0 saturated heterocycles. The summed E-state index contributed by atoms with van der Waals surface area (Å²) in [5, 5.41) is 13.6. The number of benzene rings is 4. The van der Waals surface area contributed by atoms with Crippen LogP contribution in [-0.4, -0.2) is 129 Å². The van der Waals surface area contributed by atoms with Gasteiger partial charge in [0.1, 0.15) is 36.4 Å². The molecule has 21 nitrogen and oxygen atoms in total. The summed E-state index contributed by atoms with van der Waals surface area (Å²) < 4.78 is 40.6. The number of nitrogens with one attached hydrogen (secondary N) is 6. The number of carbonyl (C=O) groups is 8. The quantitative estimate of drug-likeness (QED) is 0.0244. The van der Waals surface area contributed by atoms with Crippen molar-refractivity contribution >= 4 is 63.5 Å². The molecule has 472 valence electrons. The molecule has 0 fully saturated rings. The van der Waals surface area contributed by atoms with Crippen LogP contribution in [0.5, 0.6) is 0 Å². The summed E-state index contributed by atoms with van der Waals surface area (Å²) in [4.78, 5) is 112. The van der Waals surface area contributed by atoms with Crippen LogP contribution >= 0.6 is 0 Å². The molecule has 0 aromatic heterocycles. The number of rotatable bonds is 25. The lowest BCUT2D eigenvalue weighted by atomic mass is 9.76. The van der Waals surface area contributed by atoms with E-state index in [2.05, 4.69) is 31.3 Å². The van der Waals surface area contributed by atoms with Crippen LogP contribution in [0.3, 0.4) is 0 Å². The minimum Gasteiger partial charge on any atom is -0.449 e. The molecule has 9 amide bonds. The van der Waals surface area contributed by atoms with Gasteiger partial charge in [-0.05, 0) is 103 Å². The van der Waals surface area contributed by atoms with Crippen molar-refractivity contribution in [1.82, 2.24) is 35.8 Å². The molecule has 0 heterocycles. The van der Waals surface area contributed by atoms with Crippen molar-refractivity contribution in [2.24, 2.45) is 23.0 Å². The average Bonchev–Trinajstić information content (AvgIpc) is 1.79. The number of amides is 9. The summed E-state index contributed by atoms with van der Waals surface area (Å²) in [6.45, 7) is 22.9. The second kappa shape index (κ2) is 29.4. The van der Waals surface area contributed by atoms with Crippen LogP contribution < -0.4 is 37.0 Å². The van der Waals surface area contributed by atoms with Crippen LogP contribution in [0.4, 0.5) is 20.1 Å². The lowest BCUT2D eigenvalue weighted by Gasteiger charge is -2.42. The van der Waals surface area contributed by atoms with Crippen LogP contribution in [-0.2, 0) is 54.6 Å². The number of hydrogen-bond acceptors (Lipinski definition) is 12. The van der Waals surface area contributed by atoms with Crippen molar-refractivity contribution in [3.8, 4) is 11.1 Å². The molecule has 0 radical (unpaired) electrons. The molecular weight excluding hydrogens is 1130 g/mol. The first-order valence-corrected chi connectivity index (χ1v) is 30.8. The molecule has 4 aromatic carbocycles. The number of nitrogens with two attached hydrogens (primary N) is 1. The standard InChI is InChI=1S/C65H89N9O12S/c1-39(2)51(73(14)59(79)53(63(6,7)8)71-58(78)54(74(15)62(82)86-64(9,10)11)65(12,13)43-24-17-16-18-25-43)36-41(5)55(75)72-87(83,84)38-42-31-33-44(34-32-42)68-56(76)50(30-23-35-67-60(66)80)69-57(77)52(40(3)4)70-61(81)85-37-49-47-28-21-19-26-45(47)46-27-20-22-29-48(46)49/h16-22,24-29,31-34,36,39-40,49-54H,23,30,35,37-38H2,1-15H3,(H,68,76)(H,69,77)(H,70,81)(H,71,78)(H,72,75)(H3,66,67,80)/b41-36+/t50-,51+,52-,53+,54+/m0/s1. The molecule has 22 heteroatoms. The topological polar surface area (TPSA) is 294 Å². The van der Waals surface area contributed by atoms with E-state index in [1.807, 2.05) is 107 Å². The highest BCUT2D eigenvalue weighted by molar-refractivity contribution is 7.89. The molecule has 4 aromatic rings. The van der Waals surface area contributed by atoms with Crippen molar-refractivity contribution in [2.45, 2.75) is 156 Å². The van der Waals surface area contributed by atoms with Crippen LogP contribution in [0.15, 0.2) is 115 Å². The summed E-state index contributed by atoms with van der Waals surface area (Å²) in [7, 11) is -1.31. The number of fused-ring (bicyclic) bond motifs is 3. The summed E-state index contributed by atoms with van der Waals surface area (Å²) in [5.41, 5.74) is 7.93. The SMILES string of the molecule is C/C(=C\[C@H](C(C)C)N(C)C(=O)[C@@H](NC(=O)[C@@H](N(C)C(=O)OC(C)(C)C)C(C)(C)c1ccccc1)C(C)(C)C)C(=O)NS(=O)(=O)Cc1ccc(NC(=O)[C@H](CCCNC(N)=O)NC(=O)[C@@H](NC(=O)OCC2c3ccccc3-c3ccccc32)C(C)C)cc1. The minimum absolute atomic E-state index is 0.00484. The summed E-state index contributed by atoms with van der Waals surface area (Å²) >= 11 is 0. The lowest BCUT2D eigenvalue weighted by molar-refractivity contribution is -0.141. The average molecular weight is 1220 g/mol. The van der Waals surface area contributed by atoms with Gasteiger partial charge in [0.25, 0.3) is 5.91 Å². The molecule has 0 bridgehead atoms. The largest absolute Gasteiger partial charge is 0.449 e. The maximum Gasteiger partial charge on any atom is 0.410 e. The van der Waals surface area contributed by atoms with Crippen molar-refractivity contribution in [3.05, 3.63) is 137 Å². The van der Waals surface area contributed by atoms with Gasteiger partial charge < -0.3 is 46.7 Å². The van der Waals surface area contributed by atoms with Crippen LogP contribution in [0.2, 0.25) is 0 Å². The monoisotopic (exact) mass is 1220 g/mol. The van der Waals surface area contributed by atoms with Crippen molar-refractivity contribution < 1.29 is 56.2 Å². The Balaban J connectivity index is 1.24. The number of likely N-dealkylation sites (N-methyl/N-ethyl adjacent to an activating group) is 2. The summed E-state index contributed by atoms with van der Waals surface area (Å²) in [5.74, 6) is -4.95. The van der Waals surface area contributed by atoms with E-state index in [1.54, 1.807) is 62.4 Å². The molecule has 1 aliphatic carbocycles. The van der Waals surface area contributed by atoms with E-state index in [0.717, 1.165) is 27.8 Å². The van der Waals surface area contributed by atoms with Crippen molar-refractivity contribution in [3.63, 3.8) is 0 Å². The highest BCUT2D eigenvalue weighted by atomic mass is 32.2. The number of primary amides is 1. The Hall–Kier alpha value is -8.27. The third-order valence-electron chi connectivity index (χ3n) is 15.2. The highest BCUT2D eigenvalue weighted by Gasteiger charge is 2.46. The van der Waals surface area contributed by atoms with Gasteiger partial charge in [0.15, 0.2) is 0 Å². The summed E-state index contributed by atoms with van der Waals surface area (Å²) in [6.07, 6.45) is 0.215. The Kier molecular flexibility index (Phi) is 23.5. The zero-order valence-corrected chi connectivity index (χ0v) is 53.6. The molecule has 8 N–H and O–H groups in total. The van der Waals surface area contributed by atoms with Gasteiger partial charge >= 0.3 is 18.2 Å². The molecule has 1 aliphatic rings. The first-order chi connectivity index (χ1) is 40.5. The van der Waals surface area contributed by atoms with Crippen LogP contribution in [0, 0.1) is 17.3 Å². The number of carbonyl (C=O) groups excluding carboxylic acids is 8. The van der Waals surface area contributed by atoms with E-state index in [1.165, 1.54) is 54.1 Å². The molecule has 0 unspecified atom stereocenters. The van der Waals surface area contributed by atoms with Gasteiger partial charge in [-0.25, -0.2) is 27.5 Å². The van der Waals surface area contributed by atoms with Crippen LogP contribution in [0.25, 0.3) is 11.1 Å². The Morgan fingerprint density at radius 2 is 1.25 bits per heavy atom. The zero-order chi connectivity index (χ0) is 64.9. The van der Waals surface area contributed by atoms with E-state index in [9.17, 15) is 46.8 Å². The predicted molar refractivity (Wildman–Crippen MR) is 335 cm³/mol.